The van der Waals surface area contributed by atoms with E-state index >= 15 is 0 Å². The monoisotopic (exact) mass is 356 g/mol. The zero-order valence-electron chi connectivity index (χ0n) is 16.9. The summed E-state index contributed by atoms with van der Waals surface area (Å²) in [4.78, 5) is 7.22. The Kier molecular flexibility index (Phi) is 12.7. The molecule has 25 heavy (non-hydrogen) atoms. The van der Waals surface area contributed by atoms with Crippen molar-refractivity contribution in [1.29, 1.82) is 0 Å². The van der Waals surface area contributed by atoms with Crippen LogP contribution in [0.3, 0.4) is 0 Å². The van der Waals surface area contributed by atoms with Gasteiger partial charge in [0, 0.05) is 46.4 Å². The largest absolute Gasteiger partial charge is 0.382 e. The van der Waals surface area contributed by atoms with Crippen LogP contribution >= 0.6 is 0 Å². The van der Waals surface area contributed by atoms with Gasteiger partial charge in [-0.25, -0.2) is 0 Å². The maximum absolute atomic E-state index is 5.46. The van der Waals surface area contributed by atoms with Gasteiger partial charge >= 0.3 is 0 Å². The van der Waals surface area contributed by atoms with Gasteiger partial charge in [-0.2, -0.15) is 0 Å². The van der Waals surface area contributed by atoms with Gasteiger partial charge in [-0.15, -0.1) is 0 Å². The molecule has 1 rings (SSSR count). The number of hydrogen-bond acceptors (Lipinski definition) is 4. The quantitative estimate of drug-likeness (QED) is 0.318. The van der Waals surface area contributed by atoms with E-state index < -0.39 is 0 Å². The Bertz CT molecular complexity index is 342. The molecule has 0 aromatic carbocycles. The SMILES string of the molecule is CCNC(=NCCCOCCOC)NCCCN1CC(C)CC(C)C1. The van der Waals surface area contributed by atoms with Gasteiger partial charge in [-0.1, -0.05) is 13.8 Å². The van der Waals surface area contributed by atoms with Crippen LogP contribution in [0.2, 0.25) is 0 Å². The van der Waals surface area contributed by atoms with Crippen molar-refractivity contribution < 1.29 is 9.47 Å². The lowest BCUT2D eigenvalue weighted by molar-refractivity contribution is 0.0702. The summed E-state index contributed by atoms with van der Waals surface area (Å²) in [6.07, 6.45) is 3.47. The summed E-state index contributed by atoms with van der Waals surface area (Å²) in [6, 6.07) is 0. The molecule has 0 aromatic heterocycles. The fourth-order valence-corrected chi connectivity index (χ4v) is 3.43. The van der Waals surface area contributed by atoms with Crippen molar-refractivity contribution >= 4 is 5.96 Å². The van der Waals surface area contributed by atoms with E-state index in [9.17, 15) is 0 Å². The van der Waals surface area contributed by atoms with Gasteiger partial charge in [0.25, 0.3) is 0 Å². The Morgan fingerprint density at radius 2 is 1.84 bits per heavy atom. The summed E-state index contributed by atoms with van der Waals surface area (Å²) < 4.78 is 10.4. The van der Waals surface area contributed by atoms with Gasteiger partial charge in [0.15, 0.2) is 5.96 Å². The predicted octanol–water partition coefficient (Wildman–Crippen LogP) is 1.96. The summed E-state index contributed by atoms with van der Waals surface area (Å²) in [6.45, 7) is 15.2. The molecule has 0 spiro atoms. The van der Waals surface area contributed by atoms with Gasteiger partial charge in [0.2, 0.25) is 0 Å². The van der Waals surface area contributed by atoms with Gasteiger partial charge in [-0.05, 0) is 44.6 Å². The maximum atomic E-state index is 5.46. The fraction of sp³-hybridized carbons (Fsp3) is 0.947. The van der Waals surface area contributed by atoms with Crippen LogP contribution in [0.15, 0.2) is 4.99 Å². The van der Waals surface area contributed by atoms with E-state index in [4.69, 9.17) is 9.47 Å². The second-order valence-electron chi connectivity index (χ2n) is 7.21. The third-order valence-electron chi connectivity index (χ3n) is 4.38. The molecule has 148 valence electrons. The summed E-state index contributed by atoms with van der Waals surface area (Å²) in [5.41, 5.74) is 0. The Morgan fingerprint density at radius 1 is 1.08 bits per heavy atom. The number of piperidine rings is 1. The Hall–Kier alpha value is -0.850. The van der Waals surface area contributed by atoms with Crippen LogP contribution in [0.5, 0.6) is 0 Å². The fourth-order valence-electron chi connectivity index (χ4n) is 3.43. The highest BCUT2D eigenvalue weighted by Crippen LogP contribution is 2.20. The summed E-state index contributed by atoms with van der Waals surface area (Å²) in [5.74, 6) is 2.59. The lowest BCUT2D eigenvalue weighted by atomic mass is 9.92. The van der Waals surface area contributed by atoms with E-state index in [2.05, 4.69) is 41.3 Å². The van der Waals surface area contributed by atoms with Gasteiger partial charge < -0.3 is 25.0 Å². The third-order valence-corrected chi connectivity index (χ3v) is 4.38. The number of methoxy groups -OCH3 is 1. The summed E-state index contributed by atoms with van der Waals surface area (Å²) in [7, 11) is 1.69. The van der Waals surface area contributed by atoms with Gasteiger partial charge in [0.05, 0.1) is 13.2 Å². The highest BCUT2D eigenvalue weighted by atomic mass is 16.5. The molecular formula is C19H40N4O2. The molecule has 6 heteroatoms. The van der Waals surface area contributed by atoms with Crippen LogP contribution in [0, 0.1) is 11.8 Å². The molecule has 0 amide bonds. The molecule has 6 nitrogen and oxygen atoms in total. The number of hydrogen-bond donors (Lipinski definition) is 2. The molecule has 2 N–H and O–H groups in total. The highest BCUT2D eigenvalue weighted by molar-refractivity contribution is 5.79. The molecule has 0 aliphatic carbocycles. The second-order valence-corrected chi connectivity index (χ2v) is 7.21. The molecule has 1 aliphatic heterocycles. The van der Waals surface area contributed by atoms with Crippen molar-refractivity contribution in [1.82, 2.24) is 15.5 Å². The number of ether oxygens (including phenoxy) is 2. The number of aliphatic imine (C=N–C) groups is 1. The van der Waals surface area contributed by atoms with Crippen LogP contribution in [0.1, 0.15) is 40.0 Å². The van der Waals surface area contributed by atoms with E-state index in [0.29, 0.717) is 13.2 Å². The molecular weight excluding hydrogens is 316 g/mol. The van der Waals surface area contributed by atoms with Gasteiger partial charge in [-0.3, -0.25) is 4.99 Å². The highest BCUT2D eigenvalue weighted by Gasteiger charge is 2.20. The normalized spacial score (nSPS) is 22.2. The lowest BCUT2D eigenvalue weighted by Crippen LogP contribution is -2.41. The molecule has 2 unspecified atom stereocenters. The Balaban J connectivity index is 2.13. The molecule has 1 fully saturated rings. The Morgan fingerprint density at radius 3 is 2.52 bits per heavy atom. The zero-order valence-corrected chi connectivity index (χ0v) is 16.9. The average molecular weight is 357 g/mol. The van der Waals surface area contributed by atoms with Crippen molar-refractivity contribution in [3.05, 3.63) is 0 Å². The first-order chi connectivity index (χ1) is 12.2. The van der Waals surface area contributed by atoms with E-state index in [0.717, 1.165) is 56.9 Å². The smallest absolute Gasteiger partial charge is 0.191 e. The molecule has 0 radical (unpaired) electrons. The van der Waals surface area contributed by atoms with Crippen molar-refractivity contribution in [2.75, 3.05) is 66.2 Å². The first-order valence-electron chi connectivity index (χ1n) is 9.96. The van der Waals surface area contributed by atoms with Crippen molar-refractivity contribution in [2.45, 2.75) is 40.0 Å². The average Bonchev–Trinajstić information content (AvgIpc) is 2.57. The Labute approximate surface area is 154 Å². The molecule has 0 aromatic rings. The van der Waals surface area contributed by atoms with Crippen molar-refractivity contribution in [2.24, 2.45) is 16.8 Å². The number of nitrogens with zero attached hydrogens (tertiary/aromatic N) is 2. The standard InChI is InChI=1S/C19H40N4O2/c1-5-20-19(22-9-7-11-25-13-12-24-4)21-8-6-10-23-15-17(2)14-18(3)16-23/h17-18H,5-16H2,1-4H3,(H2,20,21,22). The third kappa shape index (κ3) is 11.4. The number of guanidine groups is 1. The molecule has 1 aliphatic rings. The minimum Gasteiger partial charge on any atom is -0.382 e. The van der Waals surface area contributed by atoms with Crippen molar-refractivity contribution in [3.8, 4) is 0 Å². The van der Waals surface area contributed by atoms with E-state index in [1.165, 1.54) is 26.1 Å². The topological polar surface area (TPSA) is 58.1 Å². The number of likely N-dealkylation sites (tertiary alicyclic amines) is 1. The molecule has 1 saturated heterocycles. The van der Waals surface area contributed by atoms with Crippen molar-refractivity contribution in [3.63, 3.8) is 0 Å². The van der Waals surface area contributed by atoms with Crippen LogP contribution in [0.25, 0.3) is 0 Å². The van der Waals surface area contributed by atoms with Crippen LogP contribution in [0.4, 0.5) is 0 Å². The van der Waals surface area contributed by atoms with Crippen LogP contribution in [-0.4, -0.2) is 77.1 Å². The maximum Gasteiger partial charge on any atom is 0.191 e. The summed E-state index contributed by atoms with van der Waals surface area (Å²) >= 11 is 0. The number of rotatable bonds is 12. The number of nitrogens with one attached hydrogen (secondary N) is 2. The first-order valence-corrected chi connectivity index (χ1v) is 9.96. The minimum atomic E-state index is 0.655. The van der Waals surface area contributed by atoms with E-state index in [-0.39, 0.29) is 0 Å². The molecule has 1 heterocycles. The molecule has 0 saturated carbocycles. The predicted molar refractivity (Wildman–Crippen MR) is 105 cm³/mol. The minimum absolute atomic E-state index is 0.655. The van der Waals surface area contributed by atoms with Crippen LogP contribution in [-0.2, 0) is 9.47 Å². The zero-order chi connectivity index (χ0) is 18.3. The van der Waals surface area contributed by atoms with E-state index in [1.807, 2.05) is 0 Å². The molecule has 2 atom stereocenters. The van der Waals surface area contributed by atoms with Gasteiger partial charge in [0.1, 0.15) is 0 Å². The van der Waals surface area contributed by atoms with Crippen LogP contribution < -0.4 is 10.6 Å². The lowest BCUT2D eigenvalue weighted by Gasteiger charge is -2.35. The van der Waals surface area contributed by atoms with E-state index in [1.54, 1.807) is 7.11 Å². The molecule has 0 bridgehead atoms. The second kappa shape index (κ2) is 14.3. The first kappa shape index (κ1) is 22.2. The summed E-state index contributed by atoms with van der Waals surface area (Å²) in [5, 5.41) is 6.76.